The Morgan fingerprint density at radius 3 is 2.86 bits per heavy atom. The summed E-state index contributed by atoms with van der Waals surface area (Å²) in [5.41, 5.74) is 6.96. The van der Waals surface area contributed by atoms with Crippen LogP contribution in [0, 0.1) is 12.7 Å². The number of hydrogen-bond donors (Lipinski definition) is 1. The maximum atomic E-state index is 13.6. The quantitative estimate of drug-likeness (QED) is 0.825. The molecule has 0 aromatic heterocycles. The van der Waals surface area contributed by atoms with Gasteiger partial charge in [0.25, 0.3) is 0 Å². The van der Waals surface area contributed by atoms with Crippen LogP contribution in [0.5, 0.6) is 0 Å². The van der Waals surface area contributed by atoms with E-state index in [1.54, 1.807) is 25.1 Å². The molecule has 0 aliphatic heterocycles. The number of benzene rings is 1. The third kappa shape index (κ3) is 2.42. The molecular weight excluding hydrogens is 245 g/mol. The molecule has 0 spiro atoms. The second-order valence-corrected chi connectivity index (χ2v) is 4.17. The van der Waals surface area contributed by atoms with Crippen LogP contribution >= 0.6 is 15.9 Å². The smallest absolute Gasteiger partial charge is 0.130 e. The Bertz CT molecular complexity index is 349. The van der Waals surface area contributed by atoms with Gasteiger partial charge in [-0.25, -0.2) is 4.39 Å². The molecule has 0 amide bonds. The van der Waals surface area contributed by atoms with Gasteiger partial charge in [0.1, 0.15) is 5.82 Å². The van der Waals surface area contributed by atoms with E-state index in [2.05, 4.69) is 22.5 Å². The second kappa shape index (κ2) is 4.71. The minimum Gasteiger partial charge on any atom is -0.324 e. The number of nitrogens with two attached hydrogens (primary N) is 1. The molecule has 1 aromatic carbocycles. The van der Waals surface area contributed by atoms with Crippen molar-refractivity contribution in [1.82, 2.24) is 0 Å². The summed E-state index contributed by atoms with van der Waals surface area (Å²) < 4.78 is 14.5. The SMILES string of the molecule is C=CCC(N)c1cc(Br)cc(C)c1F. The maximum Gasteiger partial charge on any atom is 0.130 e. The Kier molecular flexibility index (Phi) is 3.84. The molecule has 0 aliphatic rings. The highest BCUT2D eigenvalue weighted by atomic mass is 79.9. The van der Waals surface area contributed by atoms with Gasteiger partial charge in [-0.2, -0.15) is 0 Å². The zero-order chi connectivity index (χ0) is 10.7. The summed E-state index contributed by atoms with van der Waals surface area (Å²) in [5, 5.41) is 0. The average molecular weight is 258 g/mol. The topological polar surface area (TPSA) is 26.0 Å². The first kappa shape index (κ1) is 11.4. The van der Waals surface area contributed by atoms with E-state index in [4.69, 9.17) is 5.73 Å². The Labute approximate surface area is 91.9 Å². The molecular formula is C11H13BrFN. The molecule has 2 N–H and O–H groups in total. The van der Waals surface area contributed by atoms with E-state index in [9.17, 15) is 4.39 Å². The third-order valence-corrected chi connectivity index (χ3v) is 2.53. The lowest BCUT2D eigenvalue weighted by molar-refractivity contribution is 0.575. The lowest BCUT2D eigenvalue weighted by Crippen LogP contribution is -2.11. The molecule has 0 bridgehead atoms. The Morgan fingerprint density at radius 2 is 2.29 bits per heavy atom. The maximum absolute atomic E-state index is 13.6. The van der Waals surface area contributed by atoms with Crippen molar-refractivity contribution in [3.05, 3.63) is 46.2 Å². The van der Waals surface area contributed by atoms with Crippen LogP contribution in [0.25, 0.3) is 0 Å². The van der Waals surface area contributed by atoms with Crippen LogP contribution in [0.2, 0.25) is 0 Å². The van der Waals surface area contributed by atoms with Crippen molar-refractivity contribution in [2.24, 2.45) is 5.73 Å². The van der Waals surface area contributed by atoms with Crippen LogP contribution < -0.4 is 5.73 Å². The van der Waals surface area contributed by atoms with Crippen molar-refractivity contribution in [3.63, 3.8) is 0 Å². The van der Waals surface area contributed by atoms with Gasteiger partial charge in [0, 0.05) is 16.1 Å². The van der Waals surface area contributed by atoms with Gasteiger partial charge in [0.15, 0.2) is 0 Å². The van der Waals surface area contributed by atoms with E-state index in [1.165, 1.54) is 0 Å². The summed E-state index contributed by atoms with van der Waals surface area (Å²) in [7, 11) is 0. The van der Waals surface area contributed by atoms with Gasteiger partial charge in [-0.3, -0.25) is 0 Å². The zero-order valence-corrected chi connectivity index (χ0v) is 9.64. The predicted octanol–water partition coefficient (Wildman–Crippen LogP) is 3.47. The molecule has 1 unspecified atom stereocenters. The fourth-order valence-corrected chi connectivity index (χ4v) is 1.92. The molecule has 0 fully saturated rings. The highest BCUT2D eigenvalue weighted by molar-refractivity contribution is 9.10. The van der Waals surface area contributed by atoms with Gasteiger partial charge < -0.3 is 5.73 Å². The number of hydrogen-bond acceptors (Lipinski definition) is 1. The van der Waals surface area contributed by atoms with Gasteiger partial charge in [-0.1, -0.05) is 22.0 Å². The van der Waals surface area contributed by atoms with Crippen molar-refractivity contribution >= 4 is 15.9 Å². The summed E-state index contributed by atoms with van der Waals surface area (Å²) in [6.07, 6.45) is 2.27. The molecule has 76 valence electrons. The highest BCUT2D eigenvalue weighted by Gasteiger charge is 2.12. The molecule has 0 heterocycles. The molecule has 0 aliphatic carbocycles. The minimum absolute atomic E-state index is 0.220. The third-order valence-electron chi connectivity index (χ3n) is 2.07. The largest absolute Gasteiger partial charge is 0.324 e. The van der Waals surface area contributed by atoms with Crippen molar-refractivity contribution in [2.75, 3.05) is 0 Å². The Hall–Kier alpha value is -0.670. The van der Waals surface area contributed by atoms with Crippen molar-refractivity contribution in [1.29, 1.82) is 0 Å². The first-order valence-electron chi connectivity index (χ1n) is 4.38. The van der Waals surface area contributed by atoms with Crippen LogP contribution in [0.15, 0.2) is 29.3 Å². The molecule has 0 radical (unpaired) electrons. The first-order chi connectivity index (χ1) is 6.56. The van der Waals surface area contributed by atoms with Gasteiger partial charge in [-0.05, 0) is 31.0 Å². The number of aryl methyl sites for hydroxylation is 1. The predicted molar refractivity (Wildman–Crippen MR) is 60.6 cm³/mol. The Balaban J connectivity index is 3.12. The normalized spacial score (nSPS) is 12.6. The van der Waals surface area contributed by atoms with Crippen LogP contribution in [-0.4, -0.2) is 0 Å². The van der Waals surface area contributed by atoms with E-state index < -0.39 is 0 Å². The van der Waals surface area contributed by atoms with E-state index in [1.807, 2.05) is 0 Å². The second-order valence-electron chi connectivity index (χ2n) is 3.26. The zero-order valence-electron chi connectivity index (χ0n) is 8.06. The minimum atomic E-state index is -0.316. The summed E-state index contributed by atoms with van der Waals surface area (Å²) >= 11 is 3.32. The van der Waals surface area contributed by atoms with E-state index in [-0.39, 0.29) is 11.9 Å². The summed E-state index contributed by atoms with van der Waals surface area (Å²) in [4.78, 5) is 0. The van der Waals surface area contributed by atoms with Crippen LogP contribution in [0.1, 0.15) is 23.6 Å². The molecule has 14 heavy (non-hydrogen) atoms. The standard InChI is InChI=1S/C11H13BrFN/c1-3-4-10(14)9-6-8(12)5-7(2)11(9)13/h3,5-6,10H,1,4,14H2,2H3. The lowest BCUT2D eigenvalue weighted by atomic mass is 10.0. The first-order valence-corrected chi connectivity index (χ1v) is 5.17. The molecule has 1 rings (SSSR count). The molecule has 0 saturated carbocycles. The fraction of sp³-hybridized carbons (Fsp3) is 0.273. The Morgan fingerprint density at radius 1 is 1.64 bits per heavy atom. The molecule has 3 heteroatoms. The highest BCUT2D eigenvalue weighted by Crippen LogP contribution is 2.25. The summed E-state index contributed by atoms with van der Waals surface area (Å²) in [6.45, 7) is 5.31. The van der Waals surface area contributed by atoms with Crippen molar-refractivity contribution < 1.29 is 4.39 Å². The monoisotopic (exact) mass is 257 g/mol. The molecule has 0 saturated heterocycles. The molecule has 1 atom stereocenters. The number of rotatable bonds is 3. The summed E-state index contributed by atoms with van der Waals surface area (Å²) in [6, 6.07) is 3.14. The van der Waals surface area contributed by atoms with Crippen molar-refractivity contribution in [2.45, 2.75) is 19.4 Å². The van der Waals surface area contributed by atoms with Crippen LogP contribution in [0.4, 0.5) is 4.39 Å². The van der Waals surface area contributed by atoms with Gasteiger partial charge in [0.05, 0.1) is 0 Å². The van der Waals surface area contributed by atoms with E-state index in [0.717, 1.165) is 4.47 Å². The van der Waals surface area contributed by atoms with Gasteiger partial charge in [-0.15, -0.1) is 6.58 Å². The lowest BCUT2D eigenvalue weighted by Gasteiger charge is -2.12. The van der Waals surface area contributed by atoms with Gasteiger partial charge >= 0.3 is 0 Å². The molecule has 1 nitrogen and oxygen atoms in total. The van der Waals surface area contributed by atoms with Crippen LogP contribution in [0.3, 0.4) is 0 Å². The van der Waals surface area contributed by atoms with Crippen molar-refractivity contribution in [3.8, 4) is 0 Å². The van der Waals surface area contributed by atoms with Crippen LogP contribution in [-0.2, 0) is 0 Å². The van der Waals surface area contributed by atoms with E-state index >= 15 is 0 Å². The summed E-state index contributed by atoms with van der Waals surface area (Å²) in [5.74, 6) is -0.220. The fourth-order valence-electron chi connectivity index (χ4n) is 1.33. The average Bonchev–Trinajstić information content (AvgIpc) is 2.11. The van der Waals surface area contributed by atoms with Gasteiger partial charge in [0.2, 0.25) is 0 Å². The number of halogens is 2. The molecule has 1 aromatic rings. The van der Waals surface area contributed by atoms with E-state index in [0.29, 0.717) is 17.5 Å².